The highest BCUT2D eigenvalue weighted by atomic mass is 79.9. The third-order valence-corrected chi connectivity index (χ3v) is 10.5. The first-order valence-corrected chi connectivity index (χ1v) is 11.7. The highest BCUT2D eigenvalue weighted by Crippen LogP contribution is 2.34. The first-order valence-electron chi connectivity index (χ1n) is 6.24. The third kappa shape index (κ3) is 7.24. The minimum atomic E-state index is 0.537. The lowest BCUT2D eigenvalue weighted by Gasteiger charge is -2.25. The Morgan fingerprint density at radius 1 is 0.444 bits per heavy atom. The SMILES string of the molecule is BrC1CCC(Br)C(Br)CCC(Br)C(Br)CC(Br)C1. The van der Waals surface area contributed by atoms with Gasteiger partial charge in [0.05, 0.1) is 0 Å². The van der Waals surface area contributed by atoms with Crippen LogP contribution >= 0.6 is 95.6 Å². The lowest BCUT2D eigenvalue weighted by atomic mass is 10.0. The second-order valence-electron chi connectivity index (χ2n) is 4.88. The zero-order valence-electron chi connectivity index (χ0n) is 9.97. The molecule has 0 aromatic heterocycles. The second kappa shape index (κ2) is 9.81. The Morgan fingerprint density at radius 3 is 1.44 bits per heavy atom. The van der Waals surface area contributed by atoms with Gasteiger partial charge in [-0.3, -0.25) is 0 Å². The number of hydrogen-bond acceptors (Lipinski definition) is 0. The van der Waals surface area contributed by atoms with E-state index in [1.54, 1.807) is 0 Å². The summed E-state index contributed by atoms with van der Waals surface area (Å²) in [5.74, 6) is 0. The fourth-order valence-electron chi connectivity index (χ4n) is 2.08. The average Bonchev–Trinajstić information content (AvgIpc) is 2.30. The average molecular weight is 642 g/mol. The Balaban J connectivity index is 2.61. The van der Waals surface area contributed by atoms with E-state index in [4.69, 9.17) is 0 Å². The highest BCUT2D eigenvalue weighted by molar-refractivity contribution is 9.12. The van der Waals surface area contributed by atoms with Gasteiger partial charge in [0.25, 0.3) is 0 Å². The van der Waals surface area contributed by atoms with Crippen LogP contribution < -0.4 is 0 Å². The Morgan fingerprint density at radius 2 is 0.889 bits per heavy atom. The van der Waals surface area contributed by atoms with Crippen LogP contribution in [-0.2, 0) is 0 Å². The molecule has 0 aromatic rings. The molecule has 6 unspecified atom stereocenters. The maximum absolute atomic E-state index is 3.82. The van der Waals surface area contributed by atoms with Crippen LogP contribution in [0.2, 0.25) is 0 Å². The van der Waals surface area contributed by atoms with Crippen molar-refractivity contribution in [3.63, 3.8) is 0 Å². The normalized spacial score (nSPS) is 45.0. The van der Waals surface area contributed by atoms with Crippen LogP contribution in [0, 0.1) is 0 Å². The van der Waals surface area contributed by atoms with Gasteiger partial charge >= 0.3 is 0 Å². The Labute approximate surface area is 161 Å². The van der Waals surface area contributed by atoms with E-state index in [0.29, 0.717) is 29.0 Å². The summed E-state index contributed by atoms with van der Waals surface area (Å²) >= 11 is 22.9. The van der Waals surface area contributed by atoms with Crippen molar-refractivity contribution in [2.24, 2.45) is 0 Å². The van der Waals surface area contributed by atoms with Gasteiger partial charge in [-0.25, -0.2) is 0 Å². The molecule has 0 N–H and O–H groups in total. The molecule has 0 bridgehead atoms. The van der Waals surface area contributed by atoms with Crippen molar-refractivity contribution in [1.29, 1.82) is 0 Å². The summed E-state index contributed by atoms with van der Waals surface area (Å²) in [6, 6.07) is 0. The van der Waals surface area contributed by atoms with Gasteiger partial charge in [-0.1, -0.05) is 95.6 Å². The van der Waals surface area contributed by atoms with E-state index in [1.807, 2.05) is 0 Å². The van der Waals surface area contributed by atoms with Gasteiger partial charge in [-0.2, -0.15) is 0 Å². The largest absolute Gasteiger partial charge is 0.0890 e. The standard InChI is InChI=1S/C12H18Br6/c13-7-1-2-9(15)10(16)3-4-11(17)12(18)6-8(14)5-7/h7-12H,1-6H2. The molecule has 0 aromatic carbocycles. The molecule has 0 radical (unpaired) electrons. The molecule has 108 valence electrons. The zero-order valence-corrected chi connectivity index (χ0v) is 19.5. The second-order valence-corrected chi connectivity index (χ2v) is 12.2. The molecule has 1 rings (SSSR count). The van der Waals surface area contributed by atoms with Gasteiger partial charge in [-0.05, 0) is 38.5 Å². The van der Waals surface area contributed by atoms with E-state index in [1.165, 1.54) is 38.5 Å². The van der Waals surface area contributed by atoms with E-state index < -0.39 is 0 Å². The van der Waals surface area contributed by atoms with Crippen LogP contribution in [-0.4, -0.2) is 29.0 Å². The summed E-state index contributed by atoms with van der Waals surface area (Å²) in [7, 11) is 0. The quantitative estimate of drug-likeness (QED) is 0.252. The first kappa shape index (κ1) is 18.9. The van der Waals surface area contributed by atoms with Crippen molar-refractivity contribution in [2.75, 3.05) is 0 Å². The monoisotopic (exact) mass is 636 g/mol. The Bertz CT molecular complexity index is 237. The van der Waals surface area contributed by atoms with Crippen LogP contribution in [0.25, 0.3) is 0 Å². The number of rotatable bonds is 0. The van der Waals surface area contributed by atoms with Gasteiger partial charge in [0, 0.05) is 29.0 Å². The third-order valence-electron chi connectivity index (χ3n) is 3.25. The van der Waals surface area contributed by atoms with Gasteiger partial charge in [0.2, 0.25) is 0 Å². The first-order chi connectivity index (χ1) is 8.40. The van der Waals surface area contributed by atoms with E-state index in [0.717, 1.165) is 0 Å². The summed E-state index contributed by atoms with van der Waals surface area (Å²) in [5, 5.41) is 0. The van der Waals surface area contributed by atoms with Gasteiger partial charge in [-0.15, -0.1) is 0 Å². The van der Waals surface area contributed by atoms with Crippen LogP contribution in [0.4, 0.5) is 0 Å². The van der Waals surface area contributed by atoms with Crippen LogP contribution in [0.1, 0.15) is 38.5 Å². The smallest absolute Gasteiger partial charge is 0.0281 e. The lowest BCUT2D eigenvalue weighted by Crippen LogP contribution is -2.24. The van der Waals surface area contributed by atoms with Crippen LogP contribution in [0.15, 0.2) is 0 Å². The molecule has 1 saturated carbocycles. The molecule has 6 heteroatoms. The molecule has 0 saturated heterocycles. The highest BCUT2D eigenvalue weighted by Gasteiger charge is 2.25. The van der Waals surface area contributed by atoms with Crippen molar-refractivity contribution >= 4 is 95.6 Å². The van der Waals surface area contributed by atoms with Crippen molar-refractivity contribution in [2.45, 2.75) is 67.5 Å². The summed E-state index contributed by atoms with van der Waals surface area (Å²) in [4.78, 5) is 3.41. The molecule has 1 aliphatic carbocycles. The fourth-order valence-corrected chi connectivity index (χ4v) is 6.91. The molecule has 0 aliphatic heterocycles. The molecule has 0 spiro atoms. The van der Waals surface area contributed by atoms with E-state index >= 15 is 0 Å². The van der Waals surface area contributed by atoms with Crippen LogP contribution in [0.3, 0.4) is 0 Å². The fraction of sp³-hybridized carbons (Fsp3) is 1.00. The molecular weight excluding hydrogens is 624 g/mol. The van der Waals surface area contributed by atoms with Crippen molar-refractivity contribution in [1.82, 2.24) is 0 Å². The van der Waals surface area contributed by atoms with Gasteiger partial charge < -0.3 is 0 Å². The van der Waals surface area contributed by atoms with Crippen LogP contribution in [0.5, 0.6) is 0 Å². The summed E-state index contributed by atoms with van der Waals surface area (Å²) < 4.78 is 0. The molecule has 0 heterocycles. The van der Waals surface area contributed by atoms with E-state index in [2.05, 4.69) is 95.6 Å². The van der Waals surface area contributed by atoms with Crippen molar-refractivity contribution in [3.05, 3.63) is 0 Å². The molecule has 1 aliphatic rings. The molecule has 18 heavy (non-hydrogen) atoms. The molecule has 0 nitrogen and oxygen atoms in total. The van der Waals surface area contributed by atoms with E-state index in [-0.39, 0.29) is 0 Å². The van der Waals surface area contributed by atoms with E-state index in [9.17, 15) is 0 Å². The molecular formula is C12H18Br6. The Hall–Kier alpha value is 2.88. The summed E-state index contributed by atoms with van der Waals surface area (Å²) in [5.41, 5.74) is 0. The predicted molar refractivity (Wildman–Crippen MR) is 104 cm³/mol. The van der Waals surface area contributed by atoms with Gasteiger partial charge in [0.15, 0.2) is 0 Å². The molecule has 0 amide bonds. The minimum absolute atomic E-state index is 0.537. The van der Waals surface area contributed by atoms with Crippen molar-refractivity contribution in [3.8, 4) is 0 Å². The number of hydrogen-bond donors (Lipinski definition) is 0. The van der Waals surface area contributed by atoms with Gasteiger partial charge in [0.1, 0.15) is 0 Å². The molecule has 1 fully saturated rings. The number of alkyl halides is 6. The summed E-state index contributed by atoms with van der Waals surface area (Å²) in [6.07, 6.45) is 7.21. The zero-order chi connectivity index (χ0) is 13.7. The topological polar surface area (TPSA) is 0 Å². The maximum atomic E-state index is 3.82. The maximum Gasteiger partial charge on any atom is 0.0281 e. The summed E-state index contributed by atoms with van der Waals surface area (Å²) in [6.45, 7) is 0. The Kier molecular flexibility index (Phi) is 10.3. The lowest BCUT2D eigenvalue weighted by molar-refractivity contribution is 0.557. The van der Waals surface area contributed by atoms with Crippen molar-refractivity contribution < 1.29 is 0 Å². The number of halogens is 6. The minimum Gasteiger partial charge on any atom is -0.0890 e. The molecule has 6 atom stereocenters. The predicted octanol–water partition coefficient (Wildman–Crippen LogP) is 6.92.